The van der Waals surface area contributed by atoms with Crippen LogP contribution < -0.4 is 5.56 Å². The highest BCUT2D eigenvalue weighted by Crippen LogP contribution is 2.29. The summed E-state index contributed by atoms with van der Waals surface area (Å²) in [6, 6.07) is 5.49. The second-order valence-corrected chi connectivity index (χ2v) is 9.50. The molecule has 0 fully saturated rings. The van der Waals surface area contributed by atoms with E-state index in [4.69, 9.17) is 28.2 Å². The van der Waals surface area contributed by atoms with Gasteiger partial charge in [0.2, 0.25) is 0 Å². The molecule has 2 aromatic heterocycles. The maximum Gasteiger partial charge on any atom is 0.259 e. The number of aromatic amines is 1. The predicted molar refractivity (Wildman–Crippen MR) is 120 cm³/mol. The lowest BCUT2D eigenvalue weighted by Crippen LogP contribution is -2.22. The normalized spacial score (nSPS) is 12.8. The van der Waals surface area contributed by atoms with Crippen molar-refractivity contribution >= 4 is 44.8 Å². The molecule has 1 aromatic carbocycles. The standard InChI is InChI=1S/C21H25Cl2N3OS/c1-5-12(2)8-16-13(3)28-21-19(16)20(27)24-18(25-21)11-26(4)10-14-6-7-15(22)9-17(14)23/h6-7,9,12H,5,8,10-11H2,1-4H3,(H,24,25,27). The Morgan fingerprint density at radius 2 is 2.04 bits per heavy atom. The Labute approximate surface area is 179 Å². The highest BCUT2D eigenvalue weighted by Gasteiger charge is 2.17. The van der Waals surface area contributed by atoms with Gasteiger partial charge in [-0.05, 0) is 49.6 Å². The monoisotopic (exact) mass is 437 g/mol. The number of benzene rings is 1. The first kappa shape index (κ1) is 21.3. The third-order valence-electron chi connectivity index (χ3n) is 5.04. The van der Waals surface area contributed by atoms with Crippen LogP contribution in [0.5, 0.6) is 0 Å². The number of hydrogen-bond donors (Lipinski definition) is 1. The summed E-state index contributed by atoms with van der Waals surface area (Å²) in [5, 5.41) is 2.02. The summed E-state index contributed by atoms with van der Waals surface area (Å²) in [6.45, 7) is 7.65. The molecular weight excluding hydrogens is 413 g/mol. The van der Waals surface area contributed by atoms with Gasteiger partial charge in [0.25, 0.3) is 5.56 Å². The van der Waals surface area contributed by atoms with E-state index in [1.807, 2.05) is 19.2 Å². The number of fused-ring (bicyclic) bond motifs is 1. The van der Waals surface area contributed by atoms with Crippen molar-refractivity contribution in [1.82, 2.24) is 14.9 Å². The van der Waals surface area contributed by atoms with Gasteiger partial charge in [0.1, 0.15) is 10.7 Å². The number of halogens is 2. The number of aromatic nitrogens is 2. The molecule has 0 saturated carbocycles. The number of nitrogens with zero attached hydrogens (tertiary/aromatic N) is 2. The third-order valence-corrected chi connectivity index (χ3v) is 6.66. The molecule has 0 aliphatic carbocycles. The van der Waals surface area contributed by atoms with E-state index in [2.05, 4.69) is 30.7 Å². The summed E-state index contributed by atoms with van der Waals surface area (Å²) >= 11 is 13.8. The number of aryl methyl sites for hydroxylation is 1. The van der Waals surface area contributed by atoms with Gasteiger partial charge >= 0.3 is 0 Å². The van der Waals surface area contributed by atoms with Gasteiger partial charge in [-0.25, -0.2) is 4.98 Å². The first-order valence-electron chi connectivity index (χ1n) is 9.42. The van der Waals surface area contributed by atoms with Crippen LogP contribution >= 0.6 is 34.5 Å². The Morgan fingerprint density at radius 3 is 2.71 bits per heavy atom. The molecule has 0 aliphatic heterocycles. The van der Waals surface area contributed by atoms with Crippen LogP contribution in [0.1, 0.15) is 42.1 Å². The van der Waals surface area contributed by atoms with Crippen LogP contribution in [-0.2, 0) is 19.5 Å². The fourth-order valence-corrected chi connectivity index (χ4v) is 4.83. The Bertz CT molecular complexity index is 1040. The molecule has 150 valence electrons. The zero-order valence-corrected chi connectivity index (χ0v) is 18.9. The van der Waals surface area contributed by atoms with Crippen LogP contribution in [0.3, 0.4) is 0 Å². The SMILES string of the molecule is CCC(C)Cc1c(C)sc2nc(CN(C)Cc3ccc(Cl)cc3Cl)[nH]c(=O)c12. The molecule has 4 nitrogen and oxygen atoms in total. The van der Waals surface area contributed by atoms with Gasteiger partial charge in [0.05, 0.1) is 11.9 Å². The van der Waals surface area contributed by atoms with Crippen LogP contribution in [0, 0.1) is 12.8 Å². The highest BCUT2D eigenvalue weighted by atomic mass is 35.5. The van der Waals surface area contributed by atoms with Crippen LogP contribution in [0.15, 0.2) is 23.0 Å². The Hall–Kier alpha value is -1.40. The number of thiophene rings is 1. The molecule has 0 spiro atoms. The topological polar surface area (TPSA) is 49.0 Å². The molecule has 0 amide bonds. The molecule has 28 heavy (non-hydrogen) atoms. The Kier molecular flexibility index (Phi) is 6.81. The lowest BCUT2D eigenvalue weighted by atomic mass is 9.98. The largest absolute Gasteiger partial charge is 0.309 e. The van der Waals surface area contributed by atoms with Crippen molar-refractivity contribution in [2.24, 2.45) is 5.92 Å². The second-order valence-electron chi connectivity index (χ2n) is 7.46. The first-order chi connectivity index (χ1) is 13.3. The van der Waals surface area contributed by atoms with Gasteiger partial charge in [-0.15, -0.1) is 11.3 Å². The molecule has 2 heterocycles. The summed E-state index contributed by atoms with van der Waals surface area (Å²) in [7, 11) is 1.98. The van der Waals surface area contributed by atoms with Crippen molar-refractivity contribution < 1.29 is 0 Å². The summed E-state index contributed by atoms with van der Waals surface area (Å²) in [5.74, 6) is 1.22. The van der Waals surface area contributed by atoms with Crippen molar-refractivity contribution in [2.75, 3.05) is 7.05 Å². The lowest BCUT2D eigenvalue weighted by molar-refractivity contribution is 0.311. The summed E-state index contributed by atoms with van der Waals surface area (Å²) < 4.78 is 0. The van der Waals surface area contributed by atoms with E-state index < -0.39 is 0 Å². The van der Waals surface area contributed by atoms with Gasteiger partial charge in [0, 0.05) is 21.5 Å². The van der Waals surface area contributed by atoms with Gasteiger partial charge in [-0.1, -0.05) is 49.5 Å². The number of nitrogens with one attached hydrogen (secondary N) is 1. The average molecular weight is 438 g/mol. The minimum atomic E-state index is -0.0411. The zero-order chi connectivity index (χ0) is 20.4. The van der Waals surface area contributed by atoms with Crippen molar-refractivity contribution in [3.63, 3.8) is 0 Å². The Balaban J connectivity index is 1.83. The van der Waals surface area contributed by atoms with Crippen molar-refractivity contribution in [1.29, 1.82) is 0 Å². The number of rotatable bonds is 7. The number of hydrogen-bond acceptors (Lipinski definition) is 4. The molecule has 7 heteroatoms. The van der Waals surface area contributed by atoms with E-state index in [-0.39, 0.29) is 5.56 Å². The molecule has 3 aromatic rings. The van der Waals surface area contributed by atoms with E-state index in [1.165, 1.54) is 4.88 Å². The number of H-pyrrole nitrogens is 1. The Morgan fingerprint density at radius 1 is 1.29 bits per heavy atom. The van der Waals surface area contributed by atoms with Crippen LogP contribution in [0.4, 0.5) is 0 Å². The molecule has 1 unspecified atom stereocenters. The lowest BCUT2D eigenvalue weighted by Gasteiger charge is -2.17. The molecule has 3 rings (SSSR count). The van der Waals surface area contributed by atoms with Crippen LogP contribution in [0.2, 0.25) is 10.0 Å². The molecule has 0 aliphatic rings. The predicted octanol–water partition coefficient (Wildman–Crippen LogP) is 5.82. The van der Waals surface area contributed by atoms with Crippen molar-refractivity contribution in [2.45, 2.75) is 46.7 Å². The summed E-state index contributed by atoms with van der Waals surface area (Å²) in [4.78, 5) is 24.6. The maximum atomic E-state index is 12.8. The summed E-state index contributed by atoms with van der Waals surface area (Å²) in [5.41, 5.74) is 2.09. The fourth-order valence-electron chi connectivity index (χ4n) is 3.29. The minimum absolute atomic E-state index is 0.0411. The molecule has 1 atom stereocenters. The summed E-state index contributed by atoms with van der Waals surface area (Å²) in [6.07, 6.45) is 2.01. The fraction of sp³-hybridized carbons (Fsp3) is 0.429. The minimum Gasteiger partial charge on any atom is -0.309 e. The first-order valence-corrected chi connectivity index (χ1v) is 11.0. The zero-order valence-electron chi connectivity index (χ0n) is 16.6. The van der Waals surface area contributed by atoms with Gasteiger partial charge in [-0.3, -0.25) is 9.69 Å². The van der Waals surface area contributed by atoms with E-state index in [0.29, 0.717) is 34.9 Å². The second kappa shape index (κ2) is 8.95. The maximum absolute atomic E-state index is 12.8. The van der Waals surface area contributed by atoms with Crippen molar-refractivity contribution in [3.05, 3.63) is 60.4 Å². The van der Waals surface area contributed by atoms with Crippen molar-refractivity contribution in [3.8, 4) is 0 Å². The molecule has 1 N–H and O–H groups in total. The van der Waals surface area contributed by atoms with Crippen LogP contribution in [0.25, 0.3) is 10.2 Å². The van der Waals surface area contributed by atoms with E-state index in [1.54, 1.807) is 17.4 Å². The van der Waals surface area contributed by atoms with Gasteiger partial charge in [-0.2, -0.15) is 0 Å². The van der Waals surface area contributed by atoms with E-state index in [0.717, 1.165) is 34.2 Å². The third kappa shape index (κ3) is 4.77. The average Bonchev–Trinajstić information content (AvgIpc) is 2.93. The van der Waals surface area contributed by atoms with Gasteiger partial charge in [0.15, 0.2) is 0 Å². The molecule has 0 bridgehead atoms. The van der Waals surface area contributed by atoms with E-state index in [9.17, 15) is 4.79 Å². The molecular formula is C21H25Cl2N3OS. The molecule has 0 saturated heterocycles. The smallest absolute Gasteiger partial charge is 0.259 e. The quantitative estimate of drug-likeness (QED) is 0.506. The van der Waals surface area contributed by atoms with Crippen LogP contribution in [-0.4, -0.2) is 21.9 Å². The molecule has 0 radical (unpaired) electrons. The van der Waals surface area contributed by atoms with E-state index >= 15 is 0 Å². The highest BCUT2D eigenvalue weighted by molar-refractivity contribution is 7.18. The van der Waals surface area contributed by atoms with Gasteiger partial charge < -0.3 is 4.98 Å².